The minimum atomic E-state index is -4.50. The number of halogens is 4. The van der Waals surface area contributed by atoms with E-state index in [1.165, 1.54) is 12.1 Å². The number of carbonyl (C=O) groups is 2. The highest BCUT2D eigenvalue weighted by atomic mass is 35.5. The van der Waals surface area contributed by atoms with E-state index in [2.05, 4.69) is 15.2 Å². The molecule has 2 aromatic carbocycles. The molecule has 1 saturated heterocycles. The van der Waals surface area contributed by atoms with Crippen molar-refractivity contribution in [2.75, 3.05) is 18.0 Å². The minimum absolute atomic E-state index is 0.267. The van der Waals surface area contributed by atoms with Gasteiger partial charge in [-0.05, 0) is 61.1 Å². The third-order valence-corrected chi connectivity index (χ3v) is 7.89. The Morgan fingerprint density at radius 1 is 1.13 bits per heavy atom. The summed E-state index contributed by atoms with van der Waals surface area (Å²) in [5, 5.41) is 13.9. The summed E-state index contributed by atoms with van der Waals surface area (Å²) in [6.07, 6.45) is -0.0508. The molecule has 2 heterocycles. The van der Waals surface area contributed by atoms with Gasteiger partial charge in [-0.15, -0.1) is 0 Å². The fraction of sp³-hybridized carbons (Fsp3) is 0.393. The highest BCUT2D eigenvalue weighted by Crippen LogP contribution is 2.41. The van der Waals surface area contributed by atoms with Crippen LogP contribution in [0.25, 0.3) is 10.9 Å². The molecule has 1 aromatic heterocycles. The number of nitrogens with zero attached hydrogens (tertiary/aromatic N) is 2. The number of benzene rings is 2. The Labute approximate surface area is 222 Å². The molecule has 2 fully saturated rings. The van der Waals surface area contributed by atoms with Crippen LogP contribution >= 0.6 is 11.6 Å². The number of carboxylic acid groups (broad SMARTS) is 1. The summed E-state index contributed by atoms with van der Waals surface area (Å²) >= 11 is 6.36. The number of rotatable bonds is 7. The van der Waals surface area contributed by atoms with Crippen molar-refractivity contribution in [3.63, 3.8) is 0 Å². The zero-order chi connectivity index (χ0) is 27.1. The number of fused-ring (bicyclic) bond motifs is 1. The fourth-order valence-electron chi connectivity index (χ4n) is 5.34. The maximum absolute atomic E-state index is 13.8. The number of alkyl halides is 3. The van der Waals surface area contributed by atoms with Crippen molar-refractivity contribution >= 4 is 40.1 Å². The summed E-state index contributed by atoms with van der Waals surface area (Å²) in [7, 11) is 0. The summed E-state index contributed by atoms with van der Waals surface area (Å²) in [5.41, 5.74) is 0.0280. The van der Waals surface area contributed by atoms with Gasteiger partial charge in [-0.3, -0.25) is 9.78 Å². The largest absolute Gasteiger partial charge is 0.480 e. The van der Waals surface area contributed by atoms with E-state index in [1.54, 1.807) is 6.20 Å². The second-order valence-corrected chi connectivity index (χ2v) is 10.6. The Morgan fingerprint density at radius 3 is 2.42 bits per heavy atom. The lowest BCUT2D eigenvalue weighted by atomic mass is 9.71. The first-order valence-electron chi connectivity index (χ1n) is 12.6. The molecule has 1 atom stereocenters. The lowest BCUT2D eigenvalue weighted by Gasteiger charge is -2.42. The van der Waals surface area contributed by atoms with Gasteiger partial charge in [0.05, 0.1) is 22.2 Å². The molecular weight excluding hydrogens is 519 g/mol. The van der Waals surface area contributed by atoms with Gasteiger partial charge in [0.25, 0.3) is 0 Å². The van der Waals surface area contributed by atoms with Gasteiger partial charge in [0.2, 0.25) is 5.91 Å². The fourth-order valence-corrected chi connectivity index (χ4v) is 5.56. The highest BCUT2D eigenvalue weighted by molar-refractivity contribution is 6.31. The van der Waals surface area contributed by atoms with E-state index in [9.17, 15) is 27.9 Å². The predicted molar refractivity (Wildman–Crippen MR) is 138 cm³/mol. The van der Waals surface area contributed by atoms with Crippen LogP contribution in [0.1, 0.15) is 43.2 Å². The van der Waals surface area contributed by atoms with Gasteiger partial charge >= 0.3 is 12.1 Å². The molecule has 1 aliphatic heterocycles. The van der Waals surface area contributed by atoms with Crippen LogP contribution in [0.3, 0.4) is 0 Å². The van der Waals surface area contributed by atoms with Crippen molar-refractivity contribution in [1.82, 2.24) is 10.3 Å². The Kier molecular flexibility index (Phi) is 6.98. The van der Waals surface area contributed by atoms with Crippen LogP contribution in [0.2, 0.25) is 5.02 Å². The van der Waals surface area contributed by atoms with Gasteiger partial charge in [0.15, 0.2) is 0 Å². The first-order valence-corrected chi connectivity index (χ1v) is 13.0. The van der Waals surface area contributed by atoms with Crippen LogP contribution in [0.5, 0.6) is 0 Å². The number of aromatic nitrogens is 1. The van der Waals surface area contributed by atoms with Gasteiger partial charge in [-0.2, -0.15) is 13.2 Å². The molecule has 3 aromatic rings. The molecule has 200 valence electrons. The van der Waals surface area contributed by atoms with E-state index >= 15 is 0 Å². The zero-order valence-electron chi connectivity index (χ0n) is 20.5. The SMILES string of the molecule is O=C(O)[C@H](CC1CC1)NC(=O)C1(c2ccc(C(F)(F)F)cc2)CCN(c2cc(Cl)cc3cccnc23)CC1. The van der Waals surface area contributed by atoms with Crippen molar-refractivity contribution in [3.05, 3.63) is 70.9 Å². The van der Waals surface area contributed by atoms with Gasteiger partial charge < -0.3 is 15.3 Å². The van der Waals surface area contributed by atoms with Crippen LogP contribution in [0.15, 0.2) is 54.7 Å². The van der Waals surface area contributed by atoms with Gasteiger partial charge in [-0.1, -0.05) is 42.6 Å². The van der Waals surface area contributed by atoms with E-state index in [0.29, 0.717) is 30.1 Å². The lowest BCUT2D eigenvalue weighted by molar-refractivity contribution is -0.143. The third-order valence-electron chi connectivity index (χ3n) is 7.68. The number of anilines is 1. The van der Waals surface area contributed by atoms with E-state index in [1.807, 2.05) is 24.3 Å². The normalized spacial score (nSPS) is 18.3. The molecule has 0 unspecified atom stereocenters. The average molecular weight is 546 g/mol. The maximum Gasteiger partial charge on any atom is 0.416 e. The Hall–Kier alpha value is -3.33. The molecule has 10 heteroatoms. The van der Waals surface area contributed by atoms with Crippen molar-refractivity contribution < 1.29 is 27.9 Å². The molecule has 1 saturated carbocycles. The molecule has 0 bridgehead atoms. The van der Waals surface area contributed by atoms with Crippen molar-refractivity contribution in [3.8, 4) is 0 Å². The monoisotopic (exact) mass is 545 g/mol. The van der Waals surface area contributed by atoms with E-state index in [-0.39, 0.29) is 18.8 Å². The molecule has 5 rings (SSSR count). The van der Waals surface area contributed by atoms with Gasteiger partial charge in [-0.25, -0.2) is 4.79 Å². The molecule has 0 radical (unpaired) electrons. The second-order valence-electron chi connectivity index (χ2n) is 10.2. The Morgan fingerprint density at radius 2 is 1.82 bits per heavy atom. The molecule has 0 spiro atoms. The number of pyridine rings is 1. The first-order chi connectivity index (χ1) is 18.1. The van der Waals surface area contributed by atoms with Crippen LogP contribution in [-0.2, 0) is 21.2 Å². The number of hydrogen-bond donors (Lipinski definition) is 2. The molecule has 1 aliphatic carbocycles. The minimum Gasteiger partial charge on any atom is -0.480 e. The van der Waals surface area contributed by atoms with Crippen LogP contribution in [-0.4, -0.2) is 41.1 Å². The zero-order valence-corrected chi connectivity index (χ0v) is 21.2. The molecular formula is C28H27ClF3N3O3. The standard InChI is InChI=1S/C28H27ClF3N3O3/c29-21-15-18-2-1-11-33-24(18)23(16-21)35-12-9-27(10-13-35,19-5-7-20(8-6-19)28(30,31)32)26(38)34-22(25(36)37)14-17-3-4-17/h1-2,5-8,11,15-17,22H,3-4,9-10,12-14H2,(H,34,38)(H,36,37)/t22-/m0/s1. The summed E-state index contributed by atoms with van der Waals surface area (Å²) in [6.45, 7) is 0.807. The van der Waals surface area contributed by atoms with Gasteiger partial charge in [0, 0.05) is 29.7 Å². The summed E-state index contributed by atoms with van der Waals surface area (Å²) in [6, 6.07) is 11.0. The molecule has 1 amide bonds. The molecule has 2 aliphatic rings. The number of amides is 1. The topological polar surface area (TPSA) is 82.5 Å². The van der Waals surface area contributed by atoms with Crippen molar-refractivity contribution in [1.29, 1.82) is 0 Å². The van der Waals surface area contributed by atoms with Crippen molar-refractivity contribution in [2.45, 2.75) is 49.7 Å². The maximum atomic E-state index is 13.8. The van der Waals surface area contributed by atoms with Gasteiger partial charge in [0.1, 0.15) is 6.04 Å². The van der Waals surface area contributed by atoms with Crippen LogP contribution in [0, 0.1) is 5.92 Å². The van der Waals surface area contributed by atoms with Crippen molar-refractivity contribution in [2.24, 2.45) is 5.92 Å². The first kappa shape index (κ1) is 26.3. The lowest BCUT2D eigenvalue weighted by Crippen LogP contribution is -2.55. The van der Waals surface area contributed by atoms with E-state index in [4.69, 9.17) is 11.6 Å². The summed E-state index contributed by atoms with van der Waals surface area (Å²) in [4.78, 5) is 32.2. The average Bonchev–Trinajstić information content (AvgIpc) is 3.71. The quantitative estimate of drug-likeness (QED) is 0.391. The number of carboxylic acids is 1. The number of piperidine rings is 1. The second kappa shape index (κ2) is 10.1. The number of nitrogens with one attached hydrogen (secondary N) is 1. The van der Waals surface area contributed by atoms with E-state index < -0.39 is 35.1 Å². The smallest absolute Gasteiger partial charge is 0.416 e. The number of hydrogen-bond acceptors (Lipinski definition) is 4. The molecule has 38 heavy (non-hydrogen) atoms. The number of carbonyl (C=O) groups excluding carboxylic acids is 1. The van der Waals surface area contributed by atoms with E-state index in [0.717, 1.165) is 41.6 Å². The Bertz CT molecular complexity index is 1350. The predicted octanol–water partition coefficient (Wildman–Crippen LogP) is 5.81. The summed E-state index contributed by atoms with van der Waals surface area (Å²) < 4.78 is 39.7. The molecule has 6 nitrogen and oxygen atoms in total. The summed E-state index contributed by atoms with van der Waals surface area (Å²) in [5.74, 6) is -1.32. The van der Waals surface area contributed by atoms with Crippen LogP contribution < -0.4 is 10.2 Å². The highest BCUT2D eigenvalue weighted by Gasteiger charge is 2.45. The Balaban J connectivity index is 1.46. The van der Waals surface area contributed by atoms with Crippen LogP contribution in [0.4, 0.5) is 18.9 Å². The third kappa shape index (κ3) is 5.29. The molecule has 2 N–H and O–H groups in total. The number of aliphatic carboxylic acids is 1.